The molecule has 5 nitrogen and oxygen atoms in total. The summed E-state index contributed by atoms with van der Waals surface area (Å²) in [5, 5.41) is 11.7. The van der Waals surface area contributed by atoms with E-state index in [0.717, 1.165) is 0 Å². The zero-order chi connectivity index (χ0) is 10.0. The molecule has 2 atom stereocenters. The fourth-order valence-electron chi connectivity index (χ4n) is 1.63. The van der Waals surface area contributed by atoms with Crippen LogP contribution in [0.4, 0.5) is 0 Å². The summed E-state index contributed by atoms with van der Waals surface area (Å²) in [4.78, 5) is 22.9. The van der Waals surface area contributed by atoms with Crippen molar-refractivity contribution in [2.75, 3.05) is 13.1 Å². The van der Waals surface area contributed by atoms with Crippen LogP contribution in [0.3, 0.4) is 0 Å². The van der Waals surface area contributed by atoms with Gasteiger partial charge in [0.25, 0.3) is 0 Å². The minimum atomic E-state index is -1.37. The van der Waals surface area contributed by atoms with Crippen LogP contribution in [0, 0.1) is 0 Å². The van der Waals surface area contributed by atoms with Gasteiger partial charge in [-0.2, -0.15) is 0 Å². The lowest BCUT2D eigenvalue weighted by Gasteiger charge is -2.35. The Hall–Kier alpha value is -1.10. The minimum absolute atomic E-state index is 0.159. The molecule has 0 aromatic heterocycles. The first-order chi connectivity index (χ1) is 6.00. The van der Waals surface area contributed by atoms with E-state index in [1.54, 1.807) is 0 Å². The molecule has 13 heavy (non-hydrogen) atoms. The van der Waals surface area contributed by atoms with Crippen molar-refractivity contribution in [3.8, 4) is 0 Å². The molecule has 1 heterocycles. The first kappa shape index (κ1) is 9.98. The average molecular weight is 186 g/mol. The summed E-state index contributed by atoms with van der Waals surface area (Å²) < 4.78 is 0. The van der Waals surface area contributed by atoms with Gasteiger partial charge < -0.3 is 15.3 Å². The summed E-state index contributed by atoms with van der Waals surface area (Å²) in [6, 6.07) is 0.319. The summed E-state index contributed by atoms with van der Waals surface area (Å²) in [7, 11) is 0. The minimum Gasteiger partial charge on any atom is -0.474 e. The number of piperazine rings is 1. The van der Waals surface area contributed by atoms with Crippen molar-refractivity contribution in [1.29, 1.82) is 0 Å². The number of carboxylic acids is 1. The topological polar surface area (TPSA) is 69.6 Å². The van der Waals surface area contributed by atoms with Gasteiger partial charge in [-0.25, -0.2) is 4.79 Å². The average Bonchev–Trinajstić information content (AvgIpc) is 2.01. The van der Waals surface area contributed by atoms with Crippen LogP contribution in [-0.4, -0.2) is 47.1 Å². The summed E-state index contributed by atoms with van der Waals surface area (Å²) >= 11 is 0. The number of hydrogen-bond donors (Lipinski definition) is 2. The Labute approximate surface area is 76.7 Å². The van der Waals surface area contributed by atoms with Gasteiger partial charge in [-0.05, 0) is 13.8 Å². The number of carboxylic acid groups (broad SMARTS) is 1. The van der Waals surface area contributed by atoms with Crippen LogP contribution in [0.1, 0.15) is 13.8 Å². The molecule has 1 saturated heterocycles. The van der Waals surface area contributed by atoms with E-state index in [2.05, 4.69) is 5.32 Å². The van der Waals surface area contributed by atoms with Gasteiger partial charge in [-0.3, -0.25) is 4.79 Å². The molecule has 0 aliphatic carbocycles. The first-order valence-corrected chi connectivity index (χ1v) is 4.29. The molecular weight excluding hydrogens is 172 g/mol. The van der Waals surface area contributed by atoms with E-state index in [0.29, 0.717) is 13.1 Å². The van der Waals surface area contributed by atoms with Gasteiger partial charge >= 0.3 is 11.9 Å². The van der Waals surface area contributed by atoms with Gasteiger partial charge in [0.15, 0.2) is 0 Å². The second-order valence-corrected chi connectivity index (χ2v) is 3.48. The predicted octanol–water partition coefficient (Wildman–Crippen LogP) is -0.720. The van der Waals surface area contributed by atoms with Crippen LogP contribution in [0.2, 0.25) is 0 Å². The maximum Gasteiger partial charge on any atom is 0.394 e. The summed E-state index contributed by atoms with van der Waals surface area (Å²) in [6.45, 7) is 4.79. The number of nitrogens with zero attached hydrogens (tertiary/aromatic N) is 1. The number of rotatable bonds is 0. The molecule has 1 aliphatic rings. The Morgan fingerprint density at radius 2 is 1.77 bits per heavy atom. The van der Waals surface area contributed by atoms with Crippen LogP contribution in [0.5, 0.6) is 0 Å². The molecule has 0 aromatic rings. The lowest BCUT2D eigenvalue weighted by molar-refractivity contribution is -0.156. The van der Waals surface area contributed by atoms with E-state index in [-0.39, 0.29) is 12.1 Å². The molecule has 2 unspecified atom stereocenters. The number of carbonyl (C=O) groups excluding carboxylic acids is 1. The number of hydrogen-bond acceptors (Lipinski definition) is 3. The highest BCUT2D eigenvalue weighted by atomic mass is 16.4. The van der Waals surface area contributed by atoms with E-state index in [1.807, 2.05) is 13.8 Å². The molecule has 0 bridgehead atoms. The van der Waals surface area contributed by atoms with Gasteiger partial charge in [-0.1, -0.05) is 0 Å². The second-order valence-electron chi connectivity index (χ2n) is 3.48. The Bertz CT molecular complexity index is 219. The highest BCUT2D eigenvalue weighted by Gasteiger charge is 2.28. The van der Waals surface area contributed by atoms with E-state index >= 15 is 0 Å². The van der Waals surface area contributed by atoms with E-state index in [4.69, 9.17) is 5.11 Å². The Morgan fingerprint density at radius 1 is 1.31 bits per heavy atom. The third kappa shape index (κ3) is 2.42. The van der Waals surface area contributed by atoms with E-state index < -0.39 is 11.9 Å². The molecular formula is C8H14N2O3. The Kier molecular flexibility index (Phi) is 2.87. The molecule has 5 heteroatoms. The molecule has 1 fully saturated rings. The van der Waals surface area contributed by atoms with Gasteiger partial charge in [0.2, 0.25) is 0 Å². The Morgan fingerprint density at radius 3 is 2.15 bits per heavy atom. The Balaban J connectivity index is 2.60. The maximum atomic E-state index is 11.1. The quantitative estimate of drug-likeness (QED) is 0.490. The molecule has 1 amide bonds. The van der Waals surface area contributed by atoms with Crippen LogP contribution < -0.4 is 5.32 Å². The lowest BCUT2D eigenvalue weighted by atomic mass is 10.1. The van der Waals surface area contributed by atoms with Gasteiger partial charge in [0, 0.05) is 25.2 Å². The lowest BCUT2D eigenvalue weighted by Crippen LogP contribution is -2.57. The van der Waals surface area contributed by atoms with Crippen molar-refractivity contribution < 1.29 is 14.7 Å². The summed E-state index contributed by atoms with van der Waals surface area (Å²) in [6.07, 6.45) is 0. The van der Waals surface area contributed by atoms with Crippen molar-refractivity contribution >= 4 is 11.9 Å². The molecule has 1 rings (SSSR count). The zero-order valence-electron chi connectivity index (χ0n) is 7.78. The number of carbonyl (C=O) groups is 2. The van der Waals surface area contributed by atoms with Crippen molar-refractivity contribution in [2.24, 2.45) is 0 Å². The van der Waals surface area contributed by atoms with Gasteiger partial charge in [-0.15, -0.1) is 0 Å². The highest BCUT2D eigenvalue weighted by molar-refractivity contribution is 6.31. The monoisotopic (exact) mass is 186 g/mol. The highest BCUT2D eigenvalue weighted by Crippen LogP contribution is 2.03. The second kappa shape index (κ2) is 3.74. The normalized spacial score (nSPS) is 28.6. The maximum absolute atomic E-state index is 11.1. The van der Waals surface area contributed by atoms with E-state index in [9.17, 15) is 9.59 Å². The van der Waals surface area contributed by atoms with Crippen LogP contribution >= 0.6 is 0 Å². The number of nitrogens with one attached hydrogen (secondary N) is 1. The number of amides is 1. The van der Waals surface area contributed by atoms with Crippen molar-refractivity contribution in [1.82, 2.24) is 10.2 Å². The summed E-state index contributed by atoms with van der Waals surface area (Å²) in [5.41, 5.74) is 0. The fourth-order valence-corrected chi connectivity index (χ4v) is 1.63. The van der Waals surface area contributed by atoms with E-state index in [1.165, 1.54) is 4.90 Å². The fraction of sp³-hybridized carbons (Fsp3) is 0.750. The van der Waals surface area contributed by atoms with Crippen molar-refractivity contribution in [2.45, 2.75) is 25.9 Å². The zero-order valence-corrected chi connectivity index (χ0v) is 7.78. The van der Waals surface area contributed by atoms with Crippen molar-refractivity contribution in [3.63, 3.8) is 0 Å². The summed E-state index contributed by atoms with van der Waals surface area (Å²) in [5.74, 6) is -2.18. The first-order valence-electron chi connectivity index (χ1n) is 4.29. The van der Waals surface area contributed by atoms with Crippen molar-refractivity contribution in [3.05, 3.63) is 0 Å². The smallest absolute Gasteiger partial charge is 0.394 e. The molecule has 0 aromatic carbocycles. The molecule has 0 radical (unpaired) electrons. The largest absolute Gasteiger partial charge is 0.474 e. The standard InChI is InChI=1S/C8H14N2O3/c1-5-3-10(4-6(2)9-5)7(11)8(12)13/h5-6,9H,3-4H2,1-2H3,(H,12,13). The third-order valence-corrected chi connectivity index (χ3v) is 2.03. The third-order valence-electron chi connectivity index (χ3n) is 2.03. The van der Waals surface area contributed by atoms with Gasteiger partial charge in [0.1, 0.15) is 0 Å². The molecule has 1 aliphatic heterocycles. The molecule has 2 N–H and O–H groups in total. The predicted molar refractivity (Wildman–Crippen MR) is 46.3 cm³/mol. The van der Waals surface area contributed by atoms with Crippen LogP contribution in [-0.2, 0) is 9.59 Å². The van der Waals surface area contributed by atoms with Gasteiger partial charge in [0.05, 0.1) is 0 Å². The number of aliphatic carboxylic acids is 1. The van der Waals surface area contributed by atoms with Crippen LogP contribution in [0.25, 0.3) is 0 Å². The van der Waals surface area contributed by atoms with Crippen LogP contribution in [0.15, 0.2) is 0 Å². The molecule has 74 valence electrons. The molecule has 0 spiro atoms. The molecule has 0 saturated carbocycles. The SMILES string of the molecule is CC1CN(C(=O)C(=O)O)CC(C)N1.